The van der Waals surface area contributed by atoms with Gasteiger partial charge in [0.05, 0.1) is 5.69 Å². The van der Waals surface area contributed by atoms with Crippen LogP contribution in [0.3, 0.4) is 0 Å². The zero-order valence-corrected chi connectivity index (χ0v) is 16.0. The summed E-state index contributed by atoms with van der Waals surface area (Å²) >= 11 is 3.38. The van der Waals surface area contributed by atoms with Gasteiger partial charge in [0.15, 0.2) is 0 Å². The van der Waals surface area contributed by atoms with Crippen LogP contribution in [0, 0.1) is 0 Å². The van der Waals surface area contributed by atoms with Gasteiger partial charge in [-0.05, 0) is 57.5 Å². The molecule has 2 heterocycles. The van der Waals surface area contributed by atoms with Crippen molar-refractivity contribution in [2.45, 2.75) is 13.1 Å². The number of rotatable bonds is 4. The molecule has 0 bridgehead atoms. The van der Waals surface area contributed by atoms with E-state index in [9.17, 15) is 4.79 Å². The summed E-state index contributed by atoms with van der Waals surface area (Å²) in [6.45, 7) is 1.42. The molecule has 0 aliphatic heterocycles. The fourth-order valence-corrected chi connectivity index (χ4v) is 3.53. The molecule has 2 aromatic heterocycles. The highest BCUT2D eigenvalue weighted by atomic mass is 79.9. The SMILES string of the molecule is CN(Cc1ccc2ccccc2c1)Cc1cc(=O)n2cc(Br)ccc2n1. The van der Waals surface area contributed by atoms with Crippen LogP contribution >= 0.6 is 15.9 Å². The molecule has 0 N–H and O–H groups in total. The molecule has 0 unspecified atom stereocenters. The number of halogens is 1. The molecule has 0 aliphatic rings. The highest BCUT2D eigenvalue weighted by Gasteiger charge is 2.07. The summed E-state index contributed by atoms with van der Waals surface area (Å²) in [7, 11) is 2.04. The van der Waals surface area contributed by atoms with Gasteiger partial charge in [0.25, 0.3) is 5.56 Å². The van der Waals surface area contributed by atoms with Crippen molar-refractivity contribution in [1.82, 2.24) is 14.3 Å². The topological polar surface area (TPSA) is 37.6 Å². The van der Waals surface area contributed by atoms with Gasteiger partial charge in [-0.25, -0.2) is 4.98 Å². The molecular weight excluding hydrogens is 390 g/mol. The normalized spacial score (nSPS) is 11.5. The highest BCUT2D eigenvalue weighted by molar-refractivity contribution is 9.10. The summed E-state index contributed by atoms with van der Waals surface area (Å²) in [5.74, 6) is 0. The number of pyridine rings is 1. The van der Waals surface area contributed by atoms with Crippen molar-refractivity contribution in [1.29, 1.82) is 0 Å². The molecule has 0 spiro atoms. The van der Waals surface area contributed by atoms with E-state index in [0.29, 0.717) is 12.2 Å². The minimum atomic E-state index is -0.0644. The zero-order chi connectivity index (χ0) is 18.1. The predicted octanol–water partition coefficient (Wildman–Crippen LogP) is 4.24. The van der Waals surface area contributed by atoms with Gasteiger partial charge in [0.1, 0.15) is 5.65 Å². The van der Waals surface area contributed by atoms with Crippen LogP contribution in [0.1, 0.15) is 11.3 Å². The Labute approximate surface area is 159 Å². The van der Waals surface area contributed by atoms with E-state index >= 15 is 0 Å². The van der Waals surface area contributed by atoms with E-state index in [2.05, 4.69) is 68.3 Å². The number of hydrogen-bond acceptors (Lipinski definition) is 3. The summed E-state index contributed by atoms with van der Waals surface area (Å²) in [6, 6.07) is 20.2. The number of hydrogen-bond donors (Lipinski definition) is 0. The first-order valence-corrected chi connectivity index (χ1v) is 9.22. The summed E-state index contributed by atoms with van der Waals surface area (Å²) in [6.07, 6.45) is 1.74. The van der Waals surface area contributed by atoms with E-state index in [1.165, 1.54) is 16.3 Å². The third-order valence-corrected chi connectivity index (χ3v) is 4.84. The smallest absolute Gasteiger partial charge is 0.258 e. The maximum atomic E-state index is 12.3. The van der Waals surface area contributed by atoms with E-state index in [-0.39, 0.29) is 5.56 Å². The van der Waals surface area contributed by atoms with Crippen LogP contribution in [-0.2, 0) is 13.1 Å². The van der Waals surface area contributed by atoms with Gasteiger partial charge in [0, 0.05) is 29.8 Å². The number of aromatic nitrogens is 2. The summed E-state index contributed by atoms with van der Waals surface area (Å²) < 4.78 is 2.41. The standard InChI is InChI=1S/C21H18BrN3O/c1-24(12-15-6-7-16-4-2-3-5-17(16)10-15)14-19-11-21(26)25-13-18(22)8-9-20(25)23-19/h2-11,13H,12,14H2,1H3. The molecule has 130 valence electrons. The predicted molar refractivity (Wildman–Crippen MR) is 108 cm³/mol. The van der Waals surface area contributed by atoms with Gasteiger partial charge in [-0.15, -0.1) is 0 Å². The molecular formula is C21H18BrN3O. The molecule has 5 heteroatoms. The Morgan fingerprint density at radius 2 is 1.81 bits per heavy atom. The lowest BCUT2D eigenvalue weighted by Crippen LogP contribution is -2.21. The minimum Gasteiger partial charge on any atom is -0.296 e. The first kappa shape index (κ1) is 16.9. The number of nitrogens with zero attached hydrogens (tertiary/aromatic N) is 3. The van der Waals surface area contributed by atoms with Gasteiger partial charge in [-0.3, -0.25) is 14.1 Å². The Bertz CT molecular complexity index is 1150. The molecule has 0 saturated heterocycles. The van der Waals surface area contributed by atoms with Gasteiger partial charge in [0.2, 0.25) is 0 Å². The fraction of sp³-hybridized carbons (Fsp3) is 0.143. The molecule has 4 rings (SSSR count). The zero-order valence-electron chi connectivity index (χ0n) is 14.4. The lowest BCUT2D eigenvalue weighted by molar-refractivity contribution is 0.315. The monoisotopic (exact) mass is 407 g/mol. The van der Waals surface area contributed by atoms with Crippen molar-refractivity contribution in [3.05, 3.63) is 92.9 Å². The maximum Gasteiger partial charge on any atom is 0.258 e. The van der Waals surface area contributed by atoms with Crippen molar-refractivity contribution in [2.75, 3.05) is 7.05 Å². The molecule has 0 fully saturated rings. The minimum absolute atomic E-state index is 0.0644. The molecule has 4 aromatic rings. The molecule has 0 saturated carbocycles. The Kier molecular flexibility index (Phi) is 4.57. The summed E-state index contributed by atoms with van der Waals surface area (Å²) in [4.78, 5) is 19.1. The Balaban J connectivity index is 1.55. The van der Waals surface area contributed by atoms with Crippen LogP contribution in [-0.4, -0.2) is 21.3 Å². The van der Waals surface area contributed by atoms with E-state index < -0.39 is 0 Å². The van der Waals surface area contributed by atoms with Crippen molar-refractivity contribution in [2.24, 2.45) is 0 Å². The van der Waals surface area contributed by atoms with Crippen LogP contribution in [0.25, 0.3) is 16.4 Å². The van der Waals surface area contributed by atoms with Gasteiger partial charge in [-0.2, -0.15) is 0 Å². The van der Waals surface area contributed by atoms with Crippen molar-refractivity contribution >= 4 is 32.3 Å². The third kappa shape index (κ3) is 3.54. The Morgan fingerprint density at radius 1 is 1.00 bits per heavy atom. The average molecular weight is 408 g/mol. The quantitative estimate of drug-likeness (QED) is 0.507. The van der Waals surface area contributed by atoms with Crippen molar-refractivity contribution < 1.29 is 0 Å². The third-order valence-electron chi connectivity index (χ3n) is 4.37. The Hall–Kier alpha value is -2.50. The number of benzene rings is 2. The van der Waals surface area contributed by atoms with Crippen LogP contribution in [0.15, 0.2) is 76.1 Å². The highest BCUT2D eigenvalue weighted by Crippen LogP contribution is 2.17. The van der Waals surface area contributed by atoms with Crippen molar-refractivity contribution in [3.63, 3.8) is 0 Å². The molecule has 26 heavy (non-hydrogen) atoms. The van der Waals surface area contributed by atoms with Crippen LogP contribution in [0.5, 0.6) is 0 Å². The molecule has 0 atom stereocenters. The second kappa shape index (κ2) is 7.02. The fourth-order valence-electron chi connectivity index (χ4n) is 3.19. The van der Waals surface area contributed by atoms with E-state index in [0.717, 1.165) is 16.7 Å². The van der Waals surface area contributed by atoms with E-state index in [4.69, 9.17) is 0 Å². The summed E-state index contributed by atoms with van der Waals surface area (Å²) in [5.41, 5.74) is 2.62. The Morgan fingerprint density at radius 3 is 2.65 bits per heavy atom. The molecule has 0 radical (unpaired) electrons. The average Bonchev–Trinajstić information content (AvgIpc) is 2.62. The lowest BCUT2D eigenvalue weighted by Gasteiger charge is -2.17. The van der Waals surface area contributed by atoms with Gasteiger partial charge >= 0.3 is 0 Å². The maximum absolute atomic E-state index is 12.3. The number of fused-ring (bicyclic) bond motifs is 2. The second-order valence-corrected chi connectivity index (χ2v) is 7.43. The largest absolute Gasteiger partial charge is 0.296 e. The van der Waals surface area contributed by atoms with E-state index in [1.54, 1.807) is 16.7 Å². The molecule has 0 amide bonds. The summed E-state index contributed by atoms with van der Waals surface area (Å²) in [5, 5.41) is 2.49. The molecule has 4 nitrogen and oxygen atoms in total. The van der Waals surface area contributed by atoms with Gasteiger partial charge < -0.3 is 0 Å². The molecule has 0 aliphatic carbocycles. The lowest BCUT2D eigenvalue weighted by atomic mass is 10.1. The molecule has 2 aromatic carbocycles. The van der Waals surface area contributed by atoms with Crippen LogP contribution in [0.2, 0.25) is 0 Å². The van der Waals surface area contributed by atoms with E-state index in [1.807, 2.05) is 19.2 Å². The second-order valence-electron chi connectivity index (χ2n) is 6.52. The van der Waals surface area contributed by atoms with Gasteiger partial charge in [-0.1, -0.05) is 36.4 Å². The first-order chi connectivity index (χ1) is 12.6. The van der Waals surface area contributed by atoms with Crippen molar-refractivity contribution in [3.8, 4) is 0 Å². The first-order valence-electron chi connectivity index (χ1n) is 8.42. The van der Waals surface area contributed by atoms with Crippen LogP contribution in [0.4, 0.5) is 0 Å². The van der Waals surface area contributed by atoms with Crippen LogP contribution < -0.4 is 5.56 Å².